The minimum absolute atomic E-state index is 0.0536. The van der Waals surface area contributed by atoms with Gasteiger partial charge >= 0.3 is 20.0 Å². The SMILES string of the molecule is COC(=O)c1ccc(SC(F)(F)c2cc(OC)ccc2[Si](F)(F)c2ccccc2)cc1. The molecule has 3 aromatic carbocycles. The summed E-state index contributed by atoms with van der Waals surface area (Å²) in [5.74, 6) is -0.551. The third-order valence-corrected chi connectivity index (χ3v) is 7.69. The van der Waals surface area contributed by atoms with Crippen LogP contribution in [-0.4, -0.2) is 28.9 Å². The Morgan fingerprint density at radius 2 is 1.58 bits per heavy atom. The molecule has 3 aromatic rings. The van der Waals surface area contributed by atoms with Gasteiger partial charge in [-0.1, -0.05) is 36.4 Å². The van der Waals surface area contributed by atoms with Gasteiger partial charge in [-0.05, 0) is 48.2 Å². The number of esters is 1. The fourth-order valence-electron chi connectivity index (χ4n) is 2.95. The number of rotatable bonds is 7. The van der Waals surface area contributed by atoms with Crippen molar-refractivity contribution in [1.82, 2.24) is 0 Å². The van der Waals surface area contributed by atoms with E-state index in [-0.39, 0.29) is 33.2 Å². The summed E-state index contributed by atoms with van der Waals surface area (Å²) < 4.78 is 70.9. The van der Waals surface area contributed by atoms with Crippen LogP contribution in [0.25, 0.3) is 0 Å². The maximum absolute atomic E-state index is 15.3. The van der Waals surface area contributed by atoms with Gasteiger partial charge in [0.2, 0.25) is 0 Å². The number of hydrogen-bond donors (Lipinski definition) is 0. The van der Waals surface area contributed by atoms with Crippen LogP contribution in [0.4, 0.5) is 17.0 Å². The Morgan fingerprint density at radius 3 is 2.16 bits per heavy atom. The number of ether oxygens (including phenoxy) is 2. The first-order valence-corrected chi connectivity index (χ1v) is 11.6. The van der Waals surface area contributed by atoms with Crippen molar-refractivity contribution in [3.05, 3.63) is 83.9 Å². The van der Waals surface area contributed by atoms with E-state index < -0.39 is 30.7 Å². The fraction of sp³-hybridized carbons (Fsp3) is 0.136. The van der Waals surface area contributed by atoms with Crippen molar-refractivity contribution in [1.29, 1.82) is 0 Å². The van der Waals surface area contributed by atoms with Crippen molar-refractivity contribution in [2.45, 2.75) is 10.2 Å². The van der Waals surface area contributed by atoms with E-state index in [0.717, 1.165) is 12.1 Å². The molecule has 0 spiro atoms. The predicted molar refractivity (Wildman–Crippen MR) is 114 cm³/mol. The molecule has 0 saturated carbocycles. The Bertz CT molecular complexity index is 1060. The molecule has 0 N–H and O–H groups in total. The van der Waals surface area contributed by atoms with Crippen LogP contribution < -0.4 is 15.1 Å². The van der Waals surface area contributed by atoms with Crippen molar-refractivity contribution < 1.29 is 31.3 Å². The van der Waals surface area contributed by atoms with E-state index >= 15 is 17.0 Å². The smallest absolute Gasteiger partial charge is 0.488 e. The summed E-state index contributed by atoms with van der Waals surface area (Å²) in [6.45, 7) is 0. The molecule has 0 unspecified atom stereocenters. The zero-order valence-electron chi connectivity index (χ0n) is 16.6. The first-order chi connectivity index (χ1) is 14.7. The van der Waals surface area contributed by atoms with Crippen molar-refractivity contribution >= 4 is 36.8 Å². The van der Waals surface area contributed by atoms with Gasteiger partial charge in [-0.2, -0.15) is 8.78 Å². The molecular weight excluding hydrogens is 448 g/mol. The van der Waals surface area contributed by atoms with Gasteiger partial charge in [0, 0.05) is 20.8 Å². The highest BCUT2D eigenvalue weighted by atomic mass is 32.2. The second-order valence-corrected chi connectivity index (χ2v) is 9.94. The highest BCUT2D eigenvalue weighted by Crippen LogP contribution is 2.45. The Balaban J connectivity index is 2.02. The van der Waals surface area contributed by atoms with E-state index in [9.17, 15) is 4.79 Å². The lowest BCUT2D eigenvalue weighted by molar-refractivity contribution is 0.0600. The van der Waals surface area contributed by atoms with E-state index in [4.69, 9.17) is 4.74 Å². The normalized spacial score (nSPS) is 11.8. The zero-order valence-corrected chi connectivity index (χ0v) is 18.4. The molecule has 0 aliphatic rings. The number of benzene rings is 3. The van der Waals surface area contributed by atoms with Crippen LogP contribution in [0.5, 0.6) is 5.75 Å². The molecular formula is C22H18F4O3SSi. The minimum Gasteiger partial charge on any atom is -0.497 e. The van der Waals surface area contributed by atoms with E-state index in [2.05, 4.69) is 4.74 Å². The molecule has 0 aliphatic heterocycles. The Kier molecular flexibility index (Phi) is 6.76. The summed E-state index contributed by atoms with van der Waals surface area (Å²) in [5.41, 5.74) is -0.602. The lowest BCUT2D eigenvalue weighted by atomic mass is 10.2. The molecule has 0 radical (unpaired) electrons. The average Bonchev–Trinajstić information content (AvgIpc) is 2.79. The van der Waals surface area contributed by atoms with Gasteiger partial charge in [0.1, 0.15) is 5.75 Å². The van der Waals surface area contributed by atoms with Gasteiger partial charge in [-0.25, -0.2) is 4.79 Å². The maximum Gasteiger partial charge on any atom is 0.488 e. The maximum atomic E-state index is 15.3. The molecule has 0 aliphatic carbocycles. The van der Waals surface area contributed by atoms with E-state index in [0.29, 0.717) is 0 Å². The summed E-state index contributed by atoms with van der Waals surface area (Å²) in [6.07, 6.45) is 0. The van der Waals surface area contributed by atoms with E-state index in [1.165, 1.54) is 68.8 Å². The van der Waals surface area contributed by atoms with Crippen LogP contribution in [0.2, 0.25) is 0 Å². The van der Waals surface area contributed by atoms with Crippen LogP contribution in [0.1, 0.15) is 15.9 Å². The molecule has 0 saturated heterocycles. The van der Waals surface area contributed by atoms with Gasteiger partial charge in [0.05, 0.1) is 19.8 Å². The van der Waals surface area contributed by atoms with Crippen LogP contribution in [-0.2, 0) is 9.99 Å². The molecule has 0 amide bonds. The van der Waals surface area contributed by atoms with Crippen LogP contribution in [0, 0.1) is 0 Å². The van der Waals surface area contributed by atoms with Crippen molar-refractivity contribution in [3.8, 4) is 5.75 Å². The second kappa shape index (κ2) is 9.15. The molecule has 9 heteroatoms. The van der Waals surface area contributed by atoms with Gasteiger partial charge in [-0.15, -0.1) is 0 Å². The molecule has 0 bridgehead atoms. The third kappa shape index (κ3) is 4.94. The van der Waals surface area contributed by atoms with Gasteiger partial charge in [0.25, 0.3) is 0 Å². The molecule has 3 nitrogen and oxygen atoms in total. The standard InChI is InChI=1S/C22H18F4O3SSi/c1-28-16-10-13-20(31(25,26)18-6-4-3-5-7-18)19(14-16)22(23,24)30-17-11-8-15(9-12-17)21(27)29-2/h3-14H,1-2H3. The Labute approximate surface area is 182 Å². The van der Waals surface area contributed by atoms with Gasteiger partial charge < -0.3 is 9.47 Å². The number of thioether (sulfide) groups is 1. The minimum atomic E-state index is -5.40. The molecule has 0 heterocycles. The summed E-state index contributed by atoms with van der Waals surface area (Å²) in [5, 5.41) is -4.62. The summed E-state index contributed by atoms with van der Waals surface area (Å²) >= 11 is 0.120. The summed E-state index contributed by atoms with van der Waals surface area (Å²) in [4.78, 5) is 11.6. The monoisotopic (exact) mass is 466 g/mol. The molecule has 162 valence electrons. The van der Waals surface area contributed by atoms with Crippen LogP contribution >= 0.6 is 11.8 Å². The number of methoxy groups -OCH3 is 2. The zero-order chi connectivity index (χ0) is 22.6. The van der Waals surface area contributed by atoms with Crippen LogP contribution in [0.15, 0.2) is 77.7 Å². The van der Waals surface area contributed by atoms with Gasteiger partial charge in [0.15, 0.2) is 0 Å². The van der Waals surface area contributed by atoms with Crippen molar-refractivity contribution in [2.75, 3.05) is 14.2 Å². The number of carbonyl (C=O) groups is 1. The lowest BCUT2D eigenvalue weighted by Crippen LogP contribution is -2.53. The fourth-order valence-corrected chi connectivity index (χ4v) is 5.67. The second-order valence-electron chi connectivity index (χ2n) is 6.49. The lowest BCUT2D eigenvalue weighted by Gasteiger charge is -2.24. The first kappa shape index (κ1) is 22.9. The largest absolute Gasteiger partial charge is 0.497 e. The van der Waals surface area contributed by atoms with E-state index in [1.54, 1.807) is 6.07 Å². The number of carbonyl (C=O) groups excluding carboxylic acids is 1. The average molecular weight is 467 g/mol. The molecule has 0 aromatic heterocycles. The number of hydrogen-bond acceptors (Lipinski definition) is 4. The molecule has 3 rings (SSSR count). The number of alkyl halides is 2. The van der Waals surface area contributed by atoms with Crippen molar-refractivity contribution in [3.63, 3.8) is 0 Å². The quantitative estimate of drug-likeness (QED) is 0.165. The number of halogens is 4. The highest BCUT2D eigenvalue weighted by molar-refractivity contribution is 8.00. The van der Waals surface area contributed by atoms with Crippen molar-refractivity contribution in [2.24, 2.45) is 0 Å². The third-order valence-electron chi connectivity index (χ3n) is 4.54. The Morgan fingerprint density at radius 1 is 0.935 bits per heavy atom. The Hall–Kier alpha value is -2.78. The first-order valence-electron chi connectivity index (χ1n) is 9.06. The molecule has 31 heavy (non-hydrogen) atoms. The molecule has 0 atom stereocenters. The summed E-state index contributed by atoms with van der Waals surface area (Å²) in [6, 6.07) is 15.5. The summed E-state index contributed by atoms with van der Waals surface area (Å²) in [7, 11) is -2.91. The highest BCUT2D eigenvalue weighted by Gasteiger charge is 2.48. The van der Waals surface area contributed by atoms with E-state index in [1.807, 2.05) is 0 Å². The van der Waals surface area contributed by atoms with Gasteiger partial charge in [-0.3, -0.25) is 8.22 Å². The topological polar surface area (TPSA) is 35.5 Å². The van der Waals surface area contributed by atoms with Crippen LogP contribution in [0.3, 0.4) is 0 Å². The predicted octanol–water partition coefficient (Wildman–Crippen LogP) is 4.82. The molecule has 0 fully saturated rings.